The van der Waals surface area contributed by atoms with Gasteiger partial charge in [-0.05, 0) is 42.2 Å². The highest BCUT2D eigenvalue weighted by Crippen LogP contribution is 2.25. The topological polar surface area (TPSA) is 74.1 Å². The van der Waals surface area contributed by atoms with E-state index in [1.54, 1.807) is 30.3 Å². The van der Waals surface area contributed by atoms with Gasteiger partial charge in [-0.1, -0.05) is 62.9 Å². The first-order valence-electron chi connectivity index (χ1n) is 10.3. The first-order chi connectivity index (χ1) is 14.7. The minimum atomic E-state index is -3.47. The van der Waals surface area contributed by atoms with Crippen molar-refractivity contribution < 1.29 is 13.2 Å². The summed E-state index contributed by atoms with van der Waals surface area (Å²) in [6.45, 7) is 9.63. The van der Waals surface area contributed by atoms with Gasteiger partial charge in [-0.3, -0.25) is 0 Å². The van der Waals surface area contributed by atoms with Crippen LogP contribution in [0.1, 0.15) is 39.1 Å². The standard InChI is InChI=1S/C23H29N3O3S2/c1-5-26-21(17-31(27,28)20-9-7-6-8-10-20)24-25-22(26)30-16-15-29-19-13-11-18(12-14-19)23(2,3)4/h6-14H,5,15-17H2,1-4H3. The molecule has 1 aromatic heterocycles. The number of ether oxygens (including phenoxy) is 1. The van der Waals surface area contributed by atoms with Crippen LogP contribution in [0.25, 0.3) is 0 Å². The van der Waals surface area contributed by atoms with Crippen LogP contribution in [0.2, 0.25) is 0 Å². The minimum absolute atomic E-state index is 0.115. The Hall–Kier alpha value is -2.32. The predicted molar refractivity (Wildman–Crippen MR) is 124 cm³/mol. The van der Waals surface area contributed by atoms with Crippen molar-refractivity contribution in [2.45, 2.75) is 55.5 Å². The van der Waals surface area contributed by atoms with E-state index in [9.17, 15) is 8.42 Å². The fourth-order valence-electron chi connectivity index (χ4n) is 3.07. The maximum atomic E-state index is 12.7. The van der Waals surface area contributed by atoms with Gasteiger partial charge in [0.25, 0.3) is 0 Å². The Labute approximate surface area is 189 Å². The molecule has 1 heterocycles. The summed E-state index contributed by atoms with van der Waals surface area (Å²) in [7, 11) is -3.47. The maximum absolute atomic E-state index is 12.7. The minimum Gasteiger partial charge on any atom is -0.493 e. The van der Waals surface area contributed by atoms with Gasteiger partial charge in [0.2, 0.25) is 0 Å². The smallest absolute Gasteiger partial charge is 0.191 e. The lowest BCUT2D eigenvalue weighted by molar-refractivity contribution is 0.343. The summed E-state index contributed by atoms with van der Waals surface area (Å²) in [4.78, 5) is 0.292. The van der Waals surface area contributed by atoms with E-state index >= 15 is 0 Å². The van der Waals surface area contributed by atoms with Crippen molar-refractivity contribution in [2.24, 2.45) is 0 Å². The van der Waals surface area contributed by atoms with E-state index in [4.69, 9.17) is 4.74 Å². The predicted octanol–water partition coefficient (Wildman–Crippen LogP) is 4.74. The van der Waals surface area contributed by atoms with Gasteiger partial charge in [-0.15, -0.1) is 10.2 Å². The molecule has 0 radical (unpaired) electrons. The van der Waals surface area contributed by atoms with E-state index in [1.165, 1.54) is 17.3 Å². The van der Waals surface area contributed by atoms with E-state index < -0.39 is 9.84 Å². The lowest BCUT2D eigenvalue weighted by atomic mass is 9.87. The van der Waals surface area contributed by atoms with Gasteiger partial charge >= 0.3 is 0 Å². The molecule has 3 rings (SSSR count). The lowest BCUT2D eigenvalue weighted by Crippen LogP contribution is -2.11. The Morgan fingerprint density at radius 3 is 2.29 bits per heavy atom. The van der Waals surface area contributed by atoms with Crippen LogP contribution >= 0.6 is 11.8 Å². The van der Waals surface area contributed by atoms with Gasteiger partial charge in [0.15, 0.2) is 15.0 Å². The first kappa shape index (κ1) is 23.3. The fraction of sp³-hybridized carbons (Fsp3) is 0.391. The monoisotopic (exact) mass is 459 g/mol. The molecule has 6 nitrogen and oxygen atoms in total. The molecular weight excluding hydrogens is 430 g/mol. The number of hydrogen-bond donors (Lipinski definition) is 0. The van der Waals surface area contributed by atoms with Crippen LogP contribution in [0.15, 0.2) is 64.6 Å². The van der Waals surface area contributed by atoms with Crippen LogP contribution in [0, 0.1) is 0 Å². The molecule has 8 heteroatoms. The number of thioether (sulfide) groups is 1. The Morgan fingerprint density at radius 2 is 1.68 bits per heavy atom. The highest BCUT2D eigenvalue weighted by Gasteiger charge is 2.21. The summed E-state index contributed by atoms with van der Waals surface area (Å²) in [5.74, 6) is 1.80. The van der Waals surface area contributed by atoms with E-state index in [1.807, 2.05) is 23.6 Å². The second kappa shape index (κ2) is 9.87. The molecule has 0 bridgehead atoms. The molecule has 0 spiro atoms. The molecule has 0 aliphatic heterocycles. The third-order valence-corrected chi connectivity index (χ3v) is 7.39. The van der Waals surface area contributed by atoms with E-state index in [0.717, 1.165) is 5.75 Å². The van der Waals surface area contributed by atoms with Gasteiger partial charge in [-0.2, -0.15) is 0 Å². The van der Waals surface area contributed by atoms with Crippen molar-refractivity contribution >= 4 is 21.6 Å². The van der Waals surface area contributed by atoms with Crippen molar-refractivity contribution in [3.63, 3.8) is 0 Å². The molecule has 0 unspecified atom stereocenters. The van der Waals surface area contributed by atoms with Crippen LogP contribution in [-0.4, -0.2) is 35.5 Å². The number of aromatic nitrogens is 3. The van der Waals surface area contributed by atoms with Crippen molar-refractivity contribution in [3.8, 4) is 5.75 Å². The van der Waals surface area contributed by atoms with Crippen molar-refractivity contribution in [1.29, 1.82) is 0 Å². The second-order valence-corrected chi connectivity index (χ2v) is 11.2. The lowest BCUT2D eigenvalue weighted by Gasteiger charge is -2.19. The van der Waals surface area contributed by atoms with Crippen LogP contribution in [-0.2, 0) is 27.5 Å². The number of rotatable bonds is 9. The van der Waals surface area contributed by atoms with Gasteiger partial charge < -0.3 is 9.30 Å². The Morgan fingerprint density at radius 1 is 1.00 bits per heavy atom. The quantitative estimate of drug-likeness (QED) is 0.340. The van der Waals surface area contributed by atoms with Crippen LogP contribution < -0.4 is 4.74 Å². The molecule has 2 aromatic carbocycles. The molecule has 0 amide bonds. The second-order valence-electron chi connectivity index (χ2n) is 8.19. The molecule has 166 valence electrons. The van der Waals surface area contributed by atoms with Crippen LogP contribution in [0.3, 0.4) is 0 Å². The van der Waals surface area contributed by atoms with Gasteiger partial charge in [0, 0.05) is 12.3 Å². The number of hydrogen-bond acceptors (Lipinski definition) is 6. The molecule has 0 saturated carbocycles. The highest BCUT2D eigenvalue weighted by atomic mass is 32.2. The summed E-state index contributed by atoms with van der Waals surface area (Å²) < 4.78 is 33.0. The molecule has 0 aliphatic carbocycles. The fourth-order valence-corrected chi connectivity index (χ4v) is 5.21. The average molecular weight is 460 g/mol. The summed E-state index contributed by atoms with van der Waals surface area (Å²) in [5.41, 5.74) is 1.38. The summed E-state index contributed by atoms with van der Waals surface area (Å²) in [6.07, 6.45) is 0. The number of nitrogens with zero attached hydrogens (tertiary/aromatic N) is 3. The van der Waals surface area contributed by atoms with E-state index in [2.05, 4.69) is 43.1 Å². The summed E-state index contributed by atoms with van der Waals surface area (Å²) in [6, 6.07) is 16.6. The Kier molecular flexibility index (Phi) is 7.43. The molecule has 0 N–H and O–H groups in total. The van der Waals surface area contributed by atoms with Crippen LogP contribution in [0.4, 0.5) is 0 Å². The van der Waals surface area contributed by atoms with Gasteiger partial charge in [-0.25, -0.2) is 8.42 Å². The summed E-state index contributed by atoms with van der Waals surface area (Å²) in [5, 5.41) is 9.04. The zero-order chi connectivity index (χ0) is 22.5. The number of benzene rings is 2. The van der Waals surface area contributed by atoms with E-state index in [0.29, 0.717) is 34.8 Å². The third kappa shape index (κ3) is 6.11. The third-order valence-electron chi connectivity index (χ3n) is 4.83. The normalized spacial score (nSPS) is 12.1. The van der Waals surface area contributed by atoms with Crippen LogP contribution in [0.5, 0.6) is 5.75 Å². The highest BCUT2D eigenvalue weighted by molar-refractivity contribution is 7.99. The molecule has 0 fully saturated rings. The summed E-state index contributed by atoms with van der Waals surface area (Å²) >= 11 is 1.51. The maximum Gasteiger partial charge on any atom is 0.191 e. The van der Waals surface area contributed by atoms with Crippen molar-refractivity contribution in [1.82, 2.24) is 14.8 Å². The largest absolute Gasteiger partial charge is 0.493 e. The molecule has 0 atom stereocenters. The zero-order valence-electron chi connectivity index (χ0n) is 18.4. The van der Waals surface area contributed by atoms with Crippen molar-refractivity contribution in [2.75, 3.05) is 12.4 Å². The molecule has 0 saturated heterocycles. The molecule has 3 aromatic rings. The first-order valence-corrected chi connectivity index (χ1v) is 12.9. The zero-order valence-corrected chi connectivity index (χ0v) is 20.0. The molecule has 31 heavy (non-hydrogen) atoms. The number of sulfone groups is 1. The van der Waals surface area contributed by atoms with Gasteiger partial charge in [0.1, 0.15) is 17.3 Å². The van der Waals surface area contributed by atoms with Gasteiger partial charge in [0.05, 0.1) is 11.5 Å². The van der Waals surface area contributed by atoms with E-state index in [-0.39, 0.29) is 11.2 Å². The average Bonchev–Trinajstić information content (AvgIpc) is 3.12. The Bertz CT molecular complexity index is 1090. The van der Waals surface area contributed by atoms with Crippen molar-refractivity contribution in [3.05, 3.63) is 66.0 Å². The molecular formula is C23H29N3O3S2. The molecule has 0 aliphatic rings. The Balaban J connectivity index is 1.57. The SMILES string of the molecule is CCn1c(CS(=O)(=O)c2ccccc2)nnc1SCCOc1ccc(C(C)(C)C)cc1.